The van der Waals surface area contributed by atoms with E-state index in [1.54, 1.807) is 6.20 Å². The molecule has 1 aliphatic rings. The molecule has 1 saturated heterocycles. The Hall–Kier alpha value is -1.62. The van der Waals surface area contributed by atoms with Crippen molar-refractivity contribution in [1.82, 2.24) is 9.88 Å². The minimum absolute atomic E-state index is 0.0811. The second kappa shape index (κ2) is 5.63. The summed E-state index contributed by atoms with van der Waals surface area (Å²) in [5.74, 6) is 0.0811. The van der Waals surface area contributed by atoms with Gasteiger partial charge < -0.3 is 10.9 Å². The van der Waals surface area contributed by atoms with Crippen molar-refractivity contribution in [3.63, 3.8) is 0 Å². The average Bonchev–Trinajstić information content (AvgIpc) is 2.40. The van der Waals surface area contributed by atoms with E-state index in [0.717, 1.165) is 25.2 Å². The molecule has 2 heterocycles. The highest BCUT2D eigenvalue weighted by atomic mass is 16.4. The summed E-state index contributed by atoms with van der Waals surface area (Å²) in [7, 11) is 0. The van der Waals surface area contributed by atoms with Crippen LogP contribution in [-0.4, -0.2) is 34.0 Å². The van der Waals surface area contributed by atoms with Crippen molar-refractivity contribution in [2.75, 3.05) is 13.1 Å². The molecule has 0 bridgehead atoms. The van der Waals surface area contributed by atoms with Crippen LogP contribution < -0.4 is 5.73 Å². The van der Waals surface area contributed by atoms with Gasteiger partial charge in [-0.3, -0.25) is 9.88 Å². The molecule has 0 amide bonds. The van der Waals surface area contributed by atoms with Gasteiger partial charge in [-0.1, -0.05) is 17.6 Å². The lowest BCUT2D eigenvalue weighted by Crippen LogP contribution is -2.30. The maximum Gasteiger partial charge on any atom is 0.189 e. The van der Waals surface area contributed by atoms with Gasteiger partial charge in [0.1, 0.15) is 5.69 Å². The van der Waals surface area contributed by atoms with Crippen LogP contribution in [0, 0.1) is 0 Å². The average molecular weight is 234 g/mol. The number of aromatic nitrogens is 1. The van der Waals surface area contributed by atoms with Crippen LogP contribution >= 0.6 is 0 Å². The van der Waals surface area contributed by atoms with Crippen molar-refractivity contribution in [3.05, 3.63) is 29.6 Å². The second-order valence-corrected chi connectivity index (χ2v) is 4.33. The molecule has 1 fully saturated rings. The summed E-state index contributed by atoms with van der Waals surface area (Å²) in [6.07, 6.45) is 5.47. The van der Waals surface area contributed by atoms with E-state index in [-0.39, 0.29) is 5.84 Å². The molecule has 1 aromatic heterocycles. The van der Waals surface area contributed by atoms with Crippen molar-refractivity contribution in [1.29, 1.82) is 0 Å². The van der Waals surface area contributed by atoms with Crippen molar-refractivity contribution in [2.24, 2.45) is 10.9 Å². The van der Waals surface area contributed by atoms with Crippen LogP contribution in [-0.2, 0) is 6.54 Å². The number of nitrogens with zero attached hydrogens (tertiary/aromatic N) is 3. The Labute approximate surface area is 101 Å². The third-order valence-corrected chi connectivity index (χ3v) is 3.08. The third-order valence-electron chi connectivity index (χ3n) is 3.08. The first-order valence-corrected chi connectivity index (χ1v) is 5.95. The SMILES string of the molecule is NC(=NO)c1ncccc1CN1CCCCC1. The van der Waals surface area contributed by atoms with Gasteiger partial charge in [0.2, 0.25) is 0 Å². The van der Waals surface area contributed by atoms with E-state index in [0.29, 0.717) is 5.69 Å². The Morgan fingerprint density at radius 2 is 2.18 bits per heavy atom. The summed E-state index contributed by atoms with van der Waals surface area (Å²) in [6, 6.07) is 3.86. The molecule has 0 aliphatic carbocycles. The lowest BCUT2D eigenvalue weighted by atomic mass is 10.1. The van der Waals surface area contributed by atoms with Gasteiger partial charge in [-0.15, -0.1) is 0 Å². The molecule has 1 aliphatic heterocycles. The van der Waals surface area contributed by atoms with Gasteiger partial charge in [0.25, 0.3) is 0 Å². The predicted octanol–water partition coefficient (Wildman–Crippen LogP) is 1.16. The summed E-state index contributed by atoms with van der Waals surface area (Å²) in [6.45, 7) is 3.05. The van der Waals surface area contributed by atoms with Gasteiger partial charge in [0, 0.05) is 12.7 Å². The number of hydrogen-bond donors (Lipinski definition) is 2. The van der Waals surface area contributed by atoms with E-state index in [1.807, 2.05) is 12.1 Å². The zero-order chi connectivity index (χ0) is 12.1. The topological polar surface area (TPSA) is 74.7 Å². The summed E-state index contributed by atoms with van der Waals surface area (Å²) in [4.78, 5) is 6.56. The molecule has 0 saturated carbocycles. The number of pyridine rings is 1. The molecular formula is C12H18N4O. The fourth-order valence-electron chi connectivity index (χ4n) is 2.20. The lowest BCUT2D eigenvalue weighted by molar-refractivity contribution is 0.220. The second-order valence-electron chi connectivity index (χ2n) is 4.33. The molecule has 17 heavy (non-hydrogen) atoms. The first-order valence-electron chi connectivity index (χ1n) is 5.95. The van der Waals surface area contributed by atoms with Gasteiger partial charge in [0.15, 0.2) is 5.84 Å². The number of oxime groups is 1. The monoisotopic (exact) mass is 234 g/mol. The standard InChI is InChI=1S/C12H18N4O/c13-12(15-17)11-10(5-4-6-14-11)9-16-7-2-1-3-8-16/h4-6,17H,1-3,7-9H2,(H2,13,15). The van der Waals surface area contributed by atoms with Crippen molar-refractivity contribution < 1.29 is 5.21 Å². The van der Waals surface area contributed by atoms with E-state index < -0.39 is 0 Å². The van der Waals surface area contributed by atoms with E-state index in [9.17, 15) is 0 Å². The van der Waals surface area contributed by atoms with Crippen molar-refractivity contribution in [3.8, 4) is 0 Å². The van der Waals surface area contributed by atoms with Crippen LogP contribution in [0.2, 0.25) is 0 Å². The third kappa shape index (κ3) is 2.94. The molecule has 0 aromatic carbocycles. The first kappa shape index (κ1) is 11.9. The quantitative estimate of drug-likeness (QED) is 0.356. The maximum atomic E-state index is 8.73. The van der Waals surface area contributed by atoms with Gasteiger partial charge >= 0.3 is 0 Å². The lowest BCUT2D eigenvalue weighted by Gasteiger charge is -2.26. The highest BCUT2D eigenvalue weighted by molar-refractivity contribution is 5.96. The summed E-state index contributed by atoms with van der Waals surface area (Å²) in [5.41, 5.74) is 7.22. The van der Waals surface area contributed by atoms with E-state index >= 15 is 0 Å². The number of hydrogen-bond acceptors (Lipinski definition) is 4. The number of nitrogens with two attached hydrogens (primary N) is 1. The highest BCUT2D eigenvalue weighted by Crippen LogP contribution is 2.14. The fraction of sp³-hybridized carbons (Fsp3) is 0.500. The smallest absolute Gasteiger partial charge is 0.189 e. The van der Waals surface area contributed by atoms with E-state index in [4.69, 9.17) is 10.9 Å². The molecule has 1 aromatic rings. The number of likely N-dealkylation sites (tertiary alicyclic amines) is 1. The van der Waals surface area contributed by atoms with Gasteiger partial charge in [-0.25, -0.2) is 0 Å². The van der Waals surface area contributed by atoms with E-state index in [1.165, 1.54) is 19.3 Å². The Kier molecular flexibility index (Phi) is 3.93. The minimum atomic E-state index is 0.0811. The normalized spacial score (nSPS) is 18.2. The van der Waals surface area contributed by atoms with Gasteiger partial charge in [-0.05, 0) is 37.6 Å². The van der Waals surface area contributed by atoms with Gasteiger partial charge in [0.05, 0.1) is 0 Å². The molecule has 92 valence electrons. The Morgan fingerprint density at radius 1 is 1.41 bits per heavy atom. The predicted molar refractivity (Wildman–Crippen MR) is 65.9 cm³/mol. The Bertz CT molecular complexity index is 399. The van der Waals surface area contributed by atoms with Crippen LogP contribution in [0.25, 0.3) is 0 Å². The maximum absolute atomic E-state index is 8.73. The number of amidine groups is 1. The molecule has 2 rings (SSSR count). The number of piperidine rings is 1. The van der Waals surface area contributed by atoms with Crippen molar-refractivity contribution in [2.45, 2.75) is 25.8 Å². The summed E-state index contributed by atoms with van der Waals surface area (Å²) >= 11 is 0. The van der Waals surface area contributed by atoms with Crippen LogP contribution in [0.15, 0.2) is 23.5 Å². The Balaban J connectivity index is 2.14. The van der Waals surface area contributed by atoms with Gasteiger partial charge in [-0.2, -0.15) is 0 Å². The molecular weight excluding hydrogens is 216 g/mol. The molecule has 3 N–H and O–H groups in total. The fourth-order valence-corrected chi connectivity index (χ4v) is 2.20. The zero-order valence-electron chi connectivity index (χ0n) is 9.84. The largest absolute Gasteiger partial charge is 0.409 e. The minimum Gasteiger partial charge on any atom is -0.409 e. The van der Waals surface area contributed by atoms with Crippen LogP contribution in [0.4, 0.5) is 0 Å². The molecule has 5 nitrogen and oxygen atoms in total. The van der Waals surface area contributed by atoms with E-state index in [2.05, 4.69) is 15.0 Å². The van der Waals surface area contributed by atoms with Crippen molar-refractivity contribution >= 4 is 5.84 Å². The molecule has 0 atom stereocenters. The van der Waals surface area contributed by atoms with Crippen LogP contribution in [0.5, 0.6) is 0 Å². The van der Waals surface area contributed by atoms with Crippen LogP contribution in [0.3, 0.4) is 0 Å². The highest BCUT2D eigenvalue weighted by Gasteiger charge is 2.14. The molecule has 0 spiro atoms. The number of rotatable bonds is 3. The summed E-state index contributed by atoms with van der Waals surface area (Å²) < 4.78 is 0. The molecule has 0 unspecified atom stereocenters. The molecule has 5 heteroatoms. The van der Waals surface area contributed by atoms with Crippen LogP contribution in [0.1, 0.15) is 30.5 Å². The molecule has 0 radical (unpaired) electrons. The zero-order valence-corrected chi connectivity index (χ0v) is 9.84. The Morgan fingerprint density at radius 3 is 2.88 bits per heavy atom. The summed E-state index contributed by atoms with van der Waals surface area (Å²) in [5, 5.41) is 11.8. The first-order chi connectivity index (χ1) is 8.31.